The second-order valence-electron chi connectivity index (χ2n) is 11.4. The third kappa shape index (κ3) is 14.5. The first kappa shape index (κ1) is 45.9. The average Bonchev–Trinajstić information content (AvgIpc) is 3.20. The van der Waals surface area contributed by atoms with E-state index in [4.69, 9.17) is 57.8 Å². The number of halogens is 2. The Balaban J connectivity index is 0.000000327. The molecule has 0 heterocycles. The Hall–Kier alpha value is -7.22. The smallest absolute Gasteiger partial charge is 0.328 e. The predicted octanol–water partition coefficient (Wildman–Crippen LogP) is 4.68. The maximum atomic E-state index is 12.4. The molecule has 19 heteroatoms. The van der Waals surface area contributed by atoms with Crippen LogP contribution in [0, 0.1) is 35.8 Å². The van der Waals surface area contributed by atoms with Crippen molar-refractivity contribution in [3.05, 3.63) is 140 Å². The molecule has 0 saturated carbocycles. The molecule has 4 atom stereocenters. The lowest BCUT2D eigenvalue weighted by Gasteiger charge is -2.22. The lowest BCUT2D eigenvalue weighted by atomic mass is 10.1. The molecule has 0 radical (unpaired) electrons. The number of aliphatic hydroxyl groups excluding tert-OH is 2. The van der Waals surface area contributed by atoms with E-state index in [1.807, 2.05) is 17.6 Å². The van der Waals surface area contributed by atoms with Crippen molar-refractivity contribution in [2.75, 3.05) is 10.6 Å². The molecular formula is C38H34Cl2N10O7. The van der Waals surface area contributed by atoms with Crippen LogP contribution in [0.3, 0.4) is 0 Å². The number of carboxylic acid groups (broad SMARTS) is 1. The highest BCUT2D eigenvalue weighted by molar-refractivity contribution is 6.34. The number of nitrogens with one attached hydrogen (secondary N) is 5. The van der Waals surface area contributed by atoms with E-state index in [1.165, 1.54) is 68.4 Å². The van der Waals surface area contributed by atoms with Gasteiger partial charge in [-0.1, -0.05) is 35.3 Å². The molecule has 0 fully saturated rings. The van der Waals surface area contributed by atoms with Crippen LogP contribution in [0.5, 0.6) is 0 Å². The number of hydrogen-bond acceptors (Lipinski definition) is 11. The summed E-state index contributed by atoms with van der Waals surface area (Å²) in [6, 6.07) is 22.7. The number of carbonyl (C=O) groups is 4. The van der Waals surface area contributed by atoms with E-state index in [9.17, 15) is 29.4 Å². The zero-order chi connectivity index (χ0) is 42.7. The summed E-state index contributed by atoms with van der Waals surface area (Å²) in [6.45, 7) is 16.6. The molecule has 4 aromatic carbocycles. The Kier molecular flexibility index (Phi) is 18.4. The number of nitrogens with two attached hydrogens (primary N) is 1. The summed E-state index contributed by atoms with van der Waals surface area (Å²) in [7, 11) is 0. The number of benzene rings is 4. The number of hydrogen-bond donors (Lipinski definition) is 9. The Bertz CT molecular complexity index is 2230. The van der Waals surface area contributed by atoms with Crippen LogP contribution in [0.4, 0.5) is 22.7 Å². The minimum atomic E-state index is -1.16. The summed E-state index contributed by atoms with van der Waals surface area (Å²) in [5, 5.41) is 51.2. The quantitative estimate of drug-likeness (QED) is 0.0457. The zero-order valence-electron chi connectivity index (χ0n) is 30.0. The van der Waals surface area contributed by atoms with Crippen LogP contribution < -0.4 is 32.8 Å². The molecule has 0 unspecified atom stereocenters. The molecule has 292 valence electrons. The molecule has 0 aromatic heterocycles. The molecule has 4 rings (SSSR count). The van der Waals surface area contributed by atoms with Crippen LogP contribution in [0.15, 0.2) is 84.9 Å². The fourth-order valence-corrected chi connectivity index (χ4v) is 4.72. The van der Waals surface area contributed by atoms with Gasteiger partial charge < -0.3 is 26.0 Å². The van der Waals surface area contributed by atoms with Gasteiger partial charge in [0.2, 0.25) is 11.4 Å². The minimum Gasteiger partial charge on any atom is -0.480 e. The van der Waals surface area contributed by atoms with Crippen LogP contribution in [-0.4, -0.2) is 63.3 Å². The highest BCUT2D eigenvalue weighted by Crippen LogP contribution is 2.29. The number of carboxylic acids is 1. The van der Waals surface area contributed by atoms with Crippen molar-refractivity contribution in [1.29, 1.82) is 10.5 Å². The molecule has 57 heavy (non-hydrogen) atoms. The van der Waals surface area contributed by atoms with Crippen molar-refractivity contribution < 1.29 is 34.5 Å². The summed E-state index contributed by atoms with van der Waals surface area (Å²) < 4.78 is 0. The number of anilines is 2. The number of hydrazine groups is 2. The first-order valence-corrected chi connectivity index (χ1v) is 16.9. The molecule has 0 aliphatic carbocycles. The van der Waals surface area contributed by atoms with E-state index in [0.29, 0.717) is 33.8 Å². The van der Waals surface area contributed by atoms with Crippen molar-refractivity contribution in [3.63, 3.8) is 0 Å². The van der Waals surface area contributed by atoms with E-state index < -0.39 is 42.1 Å². The van der Waals surface area contributed by atoms with E-state index in [1.54, 1.807) is 30.3 Å². The molecule has 0 bridgehead atoms. The summed E-state index contributed by atoms with van der Waals surface area (Å²) in [5.74, 6) is 2.13. The summed E-state index contributed by atoms with van der Waals surface area (Å²) >= 11 is 11.8. The van der Waals surface area contributed by atoms with Gasteiger partial charge in [0.05, 0.1) is 48.6 Å². The SMILES string of the molecule is N#Cc1ccc(C(=O)NN)cc1.[C-]#[N+]c1ccc(N[C@@H](C(=O)NNC(=O)c2ccc(C#N)cc2)[C@@H](C)O)cc1Cl.[C-]#[N+]c1ccc(N[C@@H](C(=O)O)[C@@H](C)O)cc1Cl. The first-order valence-electron chi connectivity index (χ1n) is 16.2. The zero-order valence-corrected chi connectivity index (χ0v) is 31.5. The Labute approximate surface area is 336 Å². The molecule has 10 N–H and O–H groups in total. The summed E-state index contributed by atoms with van der Waals surface area (Å²) in [6.07, 6.45) is -2.14. The number of rotatable bonds is 10. The van der Waals surface area contributed by atoms with Crippen LogP contribution in [0.25, 0.3) is 9.69 Å². The van der Waals surface area contributed by atoms with Crippen LogP contribution >= 0.6 is 23.2 Å². The molecule has 0 aliphatic heterocycles. The Morgan fingerprint density at radius 3 is 1.42 bits per heavy atom. The van der Waals surface area contributed by atoms with Gasteiger partial charge in [0.25, 0.3) is 17.7 Å². The molecule has 0 aliphatic rings. The van der Waals surface area contributed by atoms with Crippen LogP contribution in [0.2, 0.25) is 10.0 Å². The molecular weight excluding hydrogens is 779 g/mol. The summed E-state index contributed by atoms with van der Waals surface area (Å²) in [5.41, 5.74) is 9.53. The predicted molar refractivity (Wildman–Crippen MR) is 211 cm³/mol. The molecule has 17 nitrogen and oxygen atoms in total. The molecule has 0 spiro atoms. The average molecular weight is 814 g/mol. The third-order valence-electron chi connectivity index (χ3n) is 7.28. The van der Waals surface area contributed by atoms with E-state index in [0.717, 1.165) is 0 Å². The lowest BCUT2D eigenvalue weighted by Crippen LogP contribution is -2.52. The van der Waals surface area contributed by atoms with Crippen molar-refractivity contribution >= 4 is 69.6 Å². The normalized spacial score (nSPS) is 11.8. The standard InChI is InChI=1S/C19H16ClN5O3.C11H11ClN2O3.C8H7N3O/c1-11(26)17(23-14-7-8-16(22-2)15(20)9-14)19(28)25-24-18(27)13-5-3-12(10-21)4-6-13;1-6(15)10(11(16)17)14-7-3-4-9(13-2)8(12)5-7;9-5-6-1-3-7(4-2-6)8(12)11-10/h3-9,11,17,23,26H,1H3,(H,24,27)(H,25,28);3-6,10,14-15H,1H3,(H,16,17);1-4H,10H2,(H,11,12)/t11-,17-;6-,10-;/m11./s1. The largest absolute Gasteiger partial charge is 0.480 e. The molecule has 0 saturated heterocycles. The number of aliphatic carboxylic acids is 1. The van der Waals surface area contributed by atoms with Crippen molar-refractivity contribution in [3.8, 4) is 12.1 Å². The van der Waals surface area contributed by atoms with Gasteiger partial charge in [-0.3, -0.25) is 30.7 Å². The van der Waals surface area contributed by atoms with Gasteiger partial charge in [-0.05, 0) is 86.6 Å². The number of carbonyl (C=O) groups excluding carboxylic acids is 3. The molecule has 3 amide bonds. The van der Waals surface area contributed by atoms with Crippen molar-refractivity contribution in [2.24, 2.45) is 5.84 Å². The van der Waals surface area contributed by atoms with Gasteiger partial charge in [0.1, 0.15) is 6.04 Å². The Morgan fingerprint density at radius 1 is 0.684 bits per heavy atom. The number of nitriles is 2. The van der Waals surface area contributed by atoms with Gasteiger partial charge in [-0.15, -0.1) is 0 Å². The maximum Gasteiger partial charge on any atom is 0.328 e. The Morgan fingerprint density at radius 2 is 1.09 bits per heavy atom. The van der Waals surface area contributed by atoms with Crippen molar-refractivity contribution in [2.45, 2.75) is 38.1 Å². The highest BCUT2D eigenvalue weighted by atomic mass is 35.5. The van der Waals surface area contributed by atoms with Crippen LogP contribution in [-0.2, 0) is 9.59 Å². The fraction of sp³-hybridized carbons (Fsp3) is 0.158. The number of nitrogen functional groups attached to an aromatic ring is 1. The summed E-state index contributed by atoms with van der Waals surface area (Å²) in [4.78, 5) is 52.6. The number of aliphatic hydroxyl groups is 2. The van der Waals surface area contributed by atoms with E-state index in [-0.39, 0.29) is 27.2 Å². The number of nitrogens with zero attached hydrogens (tertiary/aromatic N) is 4. The van der Waals surface area contributed by atoms with Gasteiger partial charge in [0.15, 0.2) is 6.04 Å². The second kappa shape index (κ2) is 22.9. The minimum absolute atomic E-state index is 0.207. The van der Waals surface area contributed by atoms with Crippen molar-refractivity contribution in [1.82, 2.24) is 16.3 Å². The lowest BCUT2D eigenvalue weighted by molar-refractivity contribution is -0.140. The van der Waals surface area contributed by atoms with E-state index in [2.05, 4.69) is 31.2 Å². The fourth-order valence-electron chi connectivity index (χ4n) is 4.27. The van der Waals surface area contributed by atoms with Gasteiger partial charge in [0, 0.05) is 32.5 Å². The van der Waals surface area contributed by atoms with Gasteiger partial charge in [-0.2, -0.15) is 10.5 Å². The van der Waals surface area contributed by atoms with E-state index >= 15 is 0 Å². The third-order valence-corrected chi connectivity index (χ3v) is 7.88. The van der Waals surface area contributed by atoms with Gasteiger partial charge >= 0.3 is 5.97 Å². The monoisotopic (exact) mass is 812 g/mol. The maximum absolute atomic E-state index is 12.4. The topological polar surface area (TPSA) is 271 Å². The number of amides is 3. The first-order chi connectivity index (χ1) is 27.1. The van der Waals surface area contributed by atoms with Crippen LogP contribution in [0.1, 0.15) is 45.7 Å². The highest BCUT2D eigenvalue weighted by Gasteiger charge is 2.25. The second-order valence-corrected chi connectivity index (χ2v) is 12.2. The molecule has 4 aromatic rings. The van der Waals surface area contributed by atoms with Gasteiger partial charge in [-0.25, -0.2) is 20.3 Å².